The highest BCUT2D eigenvalue weighted by molar-refractivity contribution is 5.84. The maximum atomic E-state index is 11.7. The number of hydrogen-bond donors (Lipinski definition) is 1. The van der Waals surface area contributed by atoms with Crippen LogP contribution < -0.4 is 5.32 Å². The van der Waals surface area contributed by atoms with Crippen LogP contribution in [-0.2, 0) is 4.79 Å². The molecular weight excluding hydrogens is 186 g/mol. The Labute approximate surface area is 94.6 Å². The Morgan fingerprint density at radius 2 is 2.07 bits per heavy atom. The number of carbonyl (C=O) groups is 1. The molecule has 1 fully saturated rings. The molecule has 0 aromatic rings. The topological polar surface area (TPSA) is 29.1 Å². The van der Waals surface area contributed by atoms with Gasteiger partial charge in [-0.3, -0.25) is 4.79 Å². The fraction of sp³-hybridized carbons (Fsp3) is 0.769. The van der Waals surface area contributed by atoms with Crippen molar-refractivity contribution in [2.24, 2.45) is 5.41 Å². The van der Waals surface area contributed by atoms with Crippen molar-refractivity contribution in [1.82, 2.24) is 5.32 Å². The number of amides is 1. The summed E-state index contributed by atoms with van der Waals surface area (Å²) in [5.74, 6) is 0.301. The van der Waals surface area contributed by atoms with Crippen molar-refractivity contribution in [2.75, 3.05) is 6.54 Å². The van der Waals surface area contributed by atoms with Gasteiger partial charge in [0, 0.05) is 7.97 Å². The molecule has 0 aromatic carbocycles. The third kappa shape index (κ3) is 2.61. The Morgan fingerprint density at radius 1 is 1.33 bits per heavy atom. The average molecular weight is 211 g/mol. The van der Waals surface area contributed by atoms with Crippen molar-refractivity contribution in [3.8, 4) is 0 Å². The lowest BCUT2D eigenvalue weighted by molar-refractivity contribution is -0.128. The van der Waals surface area contributed by atoms with Crippen molar-refractivity contribution in [2.45, 2.75) is 52.9 Å². The Bertz CT molecular complexity index is 263. The molecule has 15 heavy (non-hydrogen) atoms. The first kappa shape index (κ1) is 12.3. The van der Waals surface area contributed by atoms with Gasteiger partial charge >= 0.3 is 0 Å². The van der Waals surface area contributed by atoms with E-state index in [1.807, 2.05) is 13.8 Å². The summed E-state index contributed by atoms with van der Waals surface area (Å²) in [5.41, 5.74) is 1.45. The lowest BCUT2D eigenvalue weighted by Crippen LogP contribution is -2.30. The SMILES string of the molecule is CC.CC1=CCCC2(CCNC2=O)CC1.[HH]. The van der Waals surface area contributed by atoms with Crippen LogP contribution in [0.1, 0.15) is 54.3 Å². The molecule has 2 nitrogen and oxygen atoms in total. The van der Waals surface area contributed by atoms with Gasteiger partial charge < -0.3 is 5.32 Å². The van der Waals surface area contributed by atoms with Gasteiger partial charge in [-0.25, -0.2) is 0 Å². The smallest absolute Gasteiger partial charge is 0.226 e. The first-order valence-corrected chi connectivity index (χ1v) is 6.17. The molecule has 2 heteroatoms. The van der Waals surface area contributed by atoms with E-state index in [1.54, 1.807) is 0 Å². The van der Waals surface area contributed by atoms with Crippen molar-refractivity contribution < 1.29 is 6.22 Å². The molecule has 2 rings (SSSR count). The highest BCUT2D eigenvalue weighted by Crippen LogP contribution is 2.40. The van der Waals surface area contributed by atoms with E-state index in [2.05, 4.69) is 18.3 Å². The molecule has 88 valence electrons. The van der Waals surface area contributed by atoms with Gasteiger partial charge in [-0.05, 0) is 39.0 Å². The molecule has 1 saturated heterocycles. The first-order valence-electron chi connectivity index (χ1n) is 6.17. The molecule has 1 spiro atoms. The Morgan fingerprint density at radius 3 is 2.67 bits per heavy atom. The zero-order valence-electron chi connectivity index (χ0n) is 10.2. The van der Waals surface area contributed by atoms with Gasteiger partial charge in [0.15, 0.2) is 0 Å². The van der Waals surface area contributed by atoms with Gasteiger partial charge in [-0.2, -0.15) is 0 Å². The summed E-state index contributed by atoms with van der Waals surface area (Å²) >= 11 is 0. The van der Waals surface area contributed by atoms with Crippen LogP contribution in [0.2, 0.25) is 0 Å². The minimum Gasteiger partial charge on any atom is -0.356 e. The van der Waals surface area contributed by atoms with Crippen LogP contribution in [0, 0.1) is 5.41 Å². The van der Waals surface area contributed by atoms with Crippen LogP contribution in [0.5, 0.6) is 0 Å². The minimum absolute atomic E-state index is 0. The monoisotopic (exact) mass is 211 g/mol. The molecule has 0 saturated carbocycles. The fourth-order valence-corrected chi connectivity index (χ4v) is 2.45. The van der Waals surface area contributed by atoms with E-state index < -0.39 is 0 Å². The lowest BCUT2D eigenvalue weighted by Gasteiger charge is -2.23. The molecule has 1 aliphatic heterocycles. The summed E-state index contributed by atoms with van der Waals surface area (Å²) in [4.78, 5) is 11.7. The second-order valence-electron chi connectivity index (χ2n) is 4.38. The quantitative estimate of drug-likeness (QED) is 0.612. The summed E-state index contributed by atoms with van der Waals surface area (Å²) in [6.45, 7) is 7.06. The van der Waals surface area contributed by atoms with Crippen molar-refractivity contribution in [3.63, 3.8) is 0 Å². The van der Waals surface area contributed by atoms with E-state index in [-0.39, 0.29) is 6.84 Å². The Kier molecular flexibility index (Phi) is 4.37. The highest BCUT2D eigenvalue weighted by Gasteiger charge is 2.41. The summed E-state index contributed by atoms with van der Waals surface area (Å²) in [6, 6.07) is 0. The number of hydrogen-bond acceptors (Lipinski definition) is 1. The summed E-state index contributed by atoms with van der Waals surface area (Å²) in [6.07, 6.45) is 7.64. The summed E-state index contributed by atoms with van der Waals surface area (Å²) < 4.78 is 0. The van der Waals surface area contributed by atoms with E-state index in [0.717, 1.165) is 38.6 Å². The van der Waals surface area contributed by atoms with Crippen LogP contribution in [-0.4, -0.2) is 12.5 Å². The molecule has 1 heterocycles. The van der Waals surface area contributed by atoms with Crippen molar-refractivity contribution in [3.05, 3.63) is 11.6 Å². The molecule has 0 radical (unpaired) electrons. The van der Waals surface area contributed by atoms with E-state index in [1.165, 1.54) is 5.57 Å². The number of allylic oxidation sites excluding steroid dienone is 2. The van der Waals surface area contributed by atoms with Crippen LogP contribution >= 0.6 is 0 Å². The molecule has 1 N–H and O–H groups in total. The van der Waals surface area contributed by atoms with Crippen LogP contribution in [0.25, 0.3) is 0 Å². The predicted octanol–water partition coefficient (Wildman–Crippen LogP) is 3.29. The van der Waals surface area contributed by atoms with Gasteiger partial charge in [0.05, 0.1) is 5.41 Å². The minimum atomic E-state index is -0.00569. The molecule has 1 amide bonds. The lowest BCUT2D eigenvalue weighted by atomic mass is 9.78. The van der Waals surface area contributed by atoms with Gasteiger partial charge in [0.1, 0.15) is 0 Å². The van der Waals surface area contributed by atoms with E-state index in [0.29, 0.717) is 5.91 Å². The van der Waals surface area contributed by atoms with Gasteiger partial charge in [-0.1, -0.05) is 25.5 Å². The predicted molar refractivity (Wildman–Crippen MR) is 65.7 cm³/mol. The normalized spacial score (nSPS) is 30.1. The second-order valence-corrected chi connectivity index (χ2v) is 4.38. The first-order chi connectivity index (χ1) is 7.23. The fourth-order valence-electron chi connectivity index (χ4n) is 2.45. The van der Waals surface area contributed by atoms with Crippen molar-refractivity contribution >= 4 is 5.91 Å². The summed E-state index contributed by atoms with van der Waals surface area (Å²) in [7, 11) is 0. The zero-order valence-corrected chi connectivity index (χ0v) is 10.2. The van der Waals surface area contributed by atoms with Gasteiger partial charge in [0.2, 0.25) is 5.91 Å². The largest absolute Gasteiger partial charge is 0.356 e. The summed E-state index contributed by atoms with van der Waals surface area (Å²) in [5, 5.41) is 2.96. The molecule has 2 aliphatic rings. The number of nitrogens with one attached hydrogen (secondary N) is 1. The van der Waals surface area contributed by atoms with Gasteiger partial charge in [-0.15, -0.1) is 0 Å². The number of carbonyl (C=O) groups excluding carboxylic acids is 1. The maximum Gasteiger partial charge on any atom is 0.226 e. The third-order valence-electron chi connectivity index (χ3n) is 3.48. The molecule has 0 aromatic heterocycles. The standard InChI is InChI=1S/C11H17NO.C2H6.H2/c1-9-3-2-5-11(6-4-9)7-8-12-10(11)13;1-2;/h3H,2,4-8H2,1H3,(H,12,13);1-2H3;1H. The Balaban J connectivity index is 0.000000711. The third-order valence-corrected chi connectivity index (χ3v) is 3.48. The molecule has 1 atom stereocenters. The van der Waals surface area contributed by atoms with E-state index >= 15 is 0 Å². The Hall–Kier alpha value is -0.790. The van der Waals surface area contributed by atoms with Crippen molar-refractivity contribution in [1.29, 1.82) is 0 Å². The van der Waals surface area contributed by atoms with Crippen LogP contribution in [0.15, 0.2) is 11.6 Å². The van der Waals surface area contributed by atoms with E-state index in [4.69, 9.17) is 0 Å². The highest BCUT2D eigenvalue weighted by atomic mass is 16.2. The second kappa shape index (κ2) is 5.34. The van der Waals surface area contributed by atoms with E-state index in [9.17, 15) is 4.79 Å². The van der Waals surface area contributed by atoms with Crippen LogP contribution in [0.4, 0.5) is 0 Å². The number of rotatable bonds is 0. The molecule has 0 bridgehead atoms. The van der Waals surface area contributed by atoms with Crippen LogP contribution in [0.3, 0.4) is 0 Å². The maximum absolute atomic E-state index is 11.7. The average Bonchev–Trinajstić information content (AvgIpc) is 2.48. The molecule has 1 unspecified atom stereocenters. The molecule has 1 aliphatic carbocycles. The zero-order chi connectivity index (χ0) is 11.3. The van der Waals surface area contributed by atoms with Gasteiger partial charge in [0.25, 0.3) is 0 Å². The molecular formula is C13H25NO.